The van der Waals surface area contributed by atoms with E-state index < -0.39 is 5.60 Å². The first-order valence-corrected chi connectivity index (χ1v) is 12.3. The summed E-state index contributed by atoms with van der Waals surface area (Å²) in [7, 11) is 0. The number of nitrogens with zero attached hydrogens (tertiary/aromatic N) is 1. The van der Waals surface area contributed by atoms with E-state index in [9.17, 15) is 9.90 Å². The minimum atomic E-state index is -0.497. The van der Waals surface area contributed by atoms with Gasteiger partial charge in [-0.05, 0) is 118 Å². The molecule has 0 unspecified atom stereocenters. The minimum absolute atomic E-state index is 0.242. The molecule has 162 valence electrons. The van der Waals surface area contributed by atoms with Crippen LogP contribution in [-0.2, 0) is 4.79 Å². The Labute approximate surface area is 177 Å². The second-order valence-electron chi connectivity index (χ2n) is 11.7. The van der Waals surface area contributed by atoms with Gasteiger partial charge in [-0.2, -0.15) is 5.26 Å². The molecule has 0 bridgehead atoms. The molecule has 4 aliphatic rings. The van der Waals surface area contributed by atoms with Gasteiger partial charge in [0.15, 0.2) is 0 Å². The highest BCUT2D eigenvalue weighted by Gasteiger charge is 2.61. The van der Waals surface area contributed by atoms with Crippen molar-refractivity contribution in [3.63, 3.8) is 0 Å². The molecule has 0 heterocycles. The van der Waals surface area contributed by atoms with E-state index in [-0.39, 0.29) is 5.41 Å². The smallest absolute Gasteiger partial charge is 0.133 e. The van der Waals surface area contributed by atoms with Crippen molar-refractivity contribution < 1.29 is 9.90 Å². The first-order valence-electron chi connectivity index (χ1n) is 12.3. The van der Waals surface area contributed by atoms with Gasteiger partial charge < -0.3 is 5.11 Å². The van der Waals surface area contributed by atoms with Crippen molar-refractivity contribution in [2.24, 2.45) is 40.4 Å². The van der Waals surface area contributed by atoms with Crippen molar-refractivity contribution in [1.29, 1.82) is 5.26 Å². The monoisotopic (exact) mass is 399 g/mol. The Morgan fingerprint density at radius 3 is 2.48 bits per heavy atom. The SMILES string of the molecule is CC(=O)[C@H]1CC[C@H]2[C@@H]3CC[C@@H]4C[C@@](O)(CCCCC#N)CC[C@]4(C)[C@H]3CC[C@]12C. The number of hydrogen-bond donors (Lipinski definition) is 1. The van der Waals surface area contributed by atoms with Crippen molar-refractivity contribution in [2.75, 3.05) is 0 Å². The fourth-order valence-electron chi connectivity index (χ4n) is 8.88. The van der Waals surface area contributed by atoms with Crippen LogP contribution in [0.5, 0.6) is 0 Å². The Morgan fingerprint density at radius 2 is 1.76 bits per heavy atom. The van der Waals surface area contributed by atoms with Crippen LogP contribution >= 0.6 is 0 Å². The maximum absolute atomic E-state index is 12.3. The predicted molar refractivity (Wildman–Crippen MR) is 115 cm³/mol. The fraction of sp³-hybridized carbons (Fsp3) is 0.923. The standard InChI is InChI=1S/C26H41NO2/c1-18(28)21-9-10-22-20-8-7-19-17-26(29,12-5-4-6-16-27)15-14-24(19,2)23(20)11-13-25(21,22)3/h19-23,29H,4-15,17H2,1-3H3/t19-,20+,21-,22+,23+,24+,25-,26-/m1/s1. The van der Waals surface area contributed by atoms with Gasteiger partial charge in [-0.1, -0.05) is 13.8 Å². The van der Waals surface area contributed by atoms with E-state index in [1.54, 1.807) is 0 Å². The Balaban J connectivity index is 1.47. The largest absolute Gasteiger partial charge is 0.390 e. The molecule has 4 saturated carbocycles. The summed E-state index contributed by atoms with van der Waals surface area (Å²) in [6.07, 6.45) is 13.9. The third kappa shape index (κ3) is 3.48. The number of ketones is 1. The van der Waals surface area contributed by atoms with E-state index in [4.69, 9.17) is 5.26 Å². The molecule has 4 aliphatic carbocycles. The lowest BCUT2D eigenvalue weighted by atomic mass is 9.43. The van der Waals surface area contributed by atoms with Crippen molar-refractivity contribution in [1.82, 2.24) is 0 Å². The lowest BCUT2D eigenvalue weighted by Gasteiger charge is -2.62. The third-order valence-corrected chi connectivity index (χ3v) is 10.5. The molecule has 4 fully saturated rings. The molecule has 1 N–H and O–H groups in total. The van der Waals surface area contributed by atoms with Crippen molar-refractivity contribution in [3.8, 4) is 6.07 Å². The molecule has 0 amide bonds. The van der Waals surface area contributed by atoms with Crippen LogP contribution in [0.3, 0.4) is 0 Å². The maximum Gasteiger partial charge on any atom is 0.133 e. The van der Waals surface area contributed by atoms with E-state index in [1.807, 2.05) is 6.92 Å². The molecule has 0 radical (unpaired) electrons. The van der Waals surface area contributed by atoms with Crippen LogP contribution in [0.4, 0.5) is 0 Å². The minimum Gasteiger partial charge on any atom is -0.390 e. The normalized spacial score (nSPS) is 48.9. The molecule has 0 aromatic heterocycles. The van der Waals surface area contributed by atoms with Gasteiger partial charge in [-0.3, -0.25) is 4.79 Å². The van der Waals surface area contributed by atoms with Gasteiger partial charge in [0.1, 0.15) is 5.78 Å². The highest BCUT2D eigenvalue weighted by Crippen LogP contribution is 2.68. The third-order valence-electron chi connectivity index (χ3n) is 10.5. The molecule has 0 saturated heterocycles. The second kappa shape index (κ2) is 7.67. The van der Waals surface area contributed by atoms with Crippen molar-refractivity contribution >= 4 is 5.78 Å². The molecule has 4 rings (SSSR count). The number of rotatable bonds is 5. The summed E-state index contributed by atoms with van der Waals surface area (Å²) in [6.45, 7) is 6.80. The average Bonchev–Trinajstić information content (AvgIpc) is 3.04. The summed E-state index contributed by atoms with van der Waals surface area (Å²) < 4.78 is 0. The van der Waals surface area contributed by atoms with Crippen LogP contribution in [0.15, 0.2) is 0 Å². The summed E-state index contributed by atoms with van der Waals surface area (Å²) in [6, 6.07) is 2.23. The molecular weight excluding hydrogens is 358 g/mol. The molecular formula is C26H41NO2. The number of hydrogen-bond acceptors (Lipinski definition) is 3. The molecule has 0 aromatic carbocycles. The molecule has 0 aromatic rings. The quantitative estimate of drug-likeness (QED) is 0.572. The number of nitriles is 1. The fourth-order valence-corrected chi connectivity index (χ4v) is 8.88. The van der Waals surface area contributed by atoms with Crippen molar-refractivity contribution in [3.05, 3.63) is 0 Å². The maximum atomic E-state index is 12.3. The average molecular weight is 400 g/mol. The Bertz CT molecular complexity index is 683. The summed E-state index contributed by atoms with van der Waals surface area (Å²) in [5, 5.41) is 20.1. The van der Waals surface area contributed by atoms with Crippen molar-refractivity contribution in [2.45, 2.75) is 110 Å². The van der Waals surface area contributed by atoms with Gasteiger partial charge in [0.2, 0.25) is 0 Å². The zero-order valence-corrected chi connectivity index (χ0v) is 18.9. The Kier molecular flexibility index (Phi) is 5.65. The van der Waals surface area contributed by atoms with Gasteiger partial charge in [0.25, 0.3) is 0 Å². The highest BCUT2D eigenvalue weighted by molar-refractivity contribution is 5.79. The number of Topliss-reactive ketones (excluding diaryl/α,β-unsaturated/α-hetero) is 1. The van der Waals surface area contributed by atoms with E-state index in [0.717, 1.165) is 62.7 Å². The summed E-state index contributed by atoms with van der Waals surface area (Å²) in [5.41, 5.74) is 0.118. The molecule has 3 heteroatoms. The number of fused-ring (bicyclic) bond motifs is 5. The van der Waals surface area contributed by atoms with E-state index in [2.05, 4.69) is 19.9 Å². The number of carbonyl (C=O) groups is 1. The summed E-state index contributed by atoms with van der Waals surface area (Å²) in [5.74, 6) is 3.68. The molecule has 0 spiro atoms. The Morgan fingerprint density at radius 1 is 1.00 bits per heavy atom. The summed E-state index contributed by atoms with van der Waals surface area (Å²) >= 11 is 0. The van der Waals surface area contributed by atoms with Gasteiger partial charge in [-0.15, -0.1) is 0 Å². The zero-order chi connectivity index (χ0) is 20.9. The first-order chi connectivity index (χ1) is 13.7. The Hall–Kier alpha value is -0.880. The predicted octanol–water partition coefficient (Wildman–Crippen LogP) is 6.05. The van der Waals surface area contributed by atoms with E-state index >= 15 is 0 Å². The zero-order valence-electron chi connectivity index (χ0n) is 18.9. The lowest BCUT2D eigenvalue weighted by molar-refractivity contribution is -0.155. The topological polar surface area (TPSA) is 61.1 Å². The lowest BCUT2D eigenvalue weighted by Crippen LogP contribution is -2.56. The second-order valence-corrected chi connectivity index (χ2v) is 11.7. The number of aliphatic hydroxyl groups is 1. The van der Waals surface area contributed by atoms with Gasteiger partial charge >= 0.3 is 0 Å². The van der Waals surface area contributed by atoms with Gasteiger partial charge in [-0.25, -0.2) is 0 Å². The molecule has 3 nitrogen and oxygen atoms in total. The van der Waals surface area contributed by atoms with Crippen LogP contribution in [-0.4, -0.2) is 16.5 Å². The summed E-state index contributed by atoms with van der Waals surface area (Å²) in [4.78, 5) is 12.3. The number of unbranched alkanes of at least 4 members (excludes halogenated alkanes) is 2. The molecule has 0 aliphatic heterocycles. The highest BCUT2D eigenvalue weighted by atomic mass is 16.3. The first kappa shape index (κ1) is 21.4. The number of carbonyl (C=O) groups excluding carboxylic acids is 1. The van der Waals surface area contributed by atoms with Gasteiger partial charge in [0.05, 0.1) is 11.7 Å². The van der Waals surface area contributed by atoms with Crippen LogP contribution in [0.1, 0.15) is 104 Å². The van der Waals surface area contributed by atoms with Crippen LogP contribution in [0.2, 0.25) is 0 Å². The van der Waals surface area contributed by atoms with Crippen LogP contribution in [0, 0.1) is 51.8 Å². The molecule has 29 heavy (non-hydrogen) atoms. The molecule has 8 atom stereocenters. The van der Waals surface area contributed by atoms with Crippen LogP contribution in [0.25, 0.3) is 0 Å². The van der Waals surface area contributed by atoms with Crippen LogP contribution < -0.4 is 0 Å². The van der Waals surface area contributed by atoms with E-state index in [1.165, 1.54) is 32.1 Å². The van der Waals surface area contributed by atoms with Gasteiger partial charge in [0, 0.05) is 12.3 Å². The van der Waals surface area contributed by atoms with E-state index in [0.29, 0.717) is 29.5 Å².